The lowest BCUT2D eigenvalue weighted by Crippen LogP contribution is -2.30. The molecule has 0 aromatic carbocycles. The summed E-state index contributed by atoms with van der Waals surface area (Å²) in [4.78, 5) is 0. The van der Waals surface area contributed by atoms with Crippen LogP contribution in [-0.2, 0) is 4.74 Å². The van der Waals surface area contributed by atoms with Crippen molar-refractivity contribution >= 4 is 25.4 Å². The fraction of sp³-hybridized carbons (Fsp3) is 0.286. The highest BCUT2D eigenvalue weighted by molar-refractivity contribution is 6.28. The predicted octanol–water partition coefficient (Wildman–Crippen LogP) is 2.95. The van der Waals surface area contributed by atoms with Gasteiger partial charge in [0.15, 0.2) is 5.70 Å². The molecule has 0 spiro atoms. The molecule has 27 heavy (non-hydrogen) atoms. The van der Waals surface area contributed by atoms with Crippen molar-refractivity contribution in [3.63, 3.8) is 0 Å². The van der Waals surface area contributed by atoms with Gasteiger partial charge in [0.2, 0.25) is 7.55 Å². The molecule has 0 unspecified atom stereocenters. The number of allylic oxidation sites excluding steroid dienone is 6. The fourth-order valence-corrected chi connectivity index (χ4v) is 3.45. The molecule has 0 saturated heterocycles. The molecule has 0 atom stereocenters. The lowest BCUT2D eigenvalue weighted by atomic mass is 9.94. The quantitative estimate of drug-likeness (QED) is 0.445. The summed E-state index contributed by atoms with van der Waals surface area (Å²) in [5, 5.41) is 9.95. The van der Waals surface area contributed by atoms with Gasteiger partial charge in [-0.15, -0.1) is 0 Å². The minimum Gasteiger partial charge on any atom is -0.512 e. The van der Waals surface area contributed by atoms with Gasteiger partial charge in [0.1, 0.15) is 6.21 Å². The van der Waals surface area contributed by atoms with Crippen molar-refractivity contribution in [1.29, 1.82) is 0 Å². The smallest absolute Gasteiger partial charge is 0.221 e. The van der Waals surface area contributed by atoms with E-state index in [-0.39, 0.29) is 5.76 Å². The Morgan fingerprint density at radius 2 is 2.22 bits per heavy atom. The van der Waals surface area contributed by atoms with E-state index in [2.05, 4.69) is 41.7 Å². The van der Waals surface area contributed by atoms with Crippen LogP contribution in [0.5, 0.6) is 0 Å². The Morgan fingerprint density at radius 1 is 1.41 bits per heavy atom. The summed E-state index contributed by atoms with van der Waals surface area (Å²) in [6, 6.07) is 2.16. The largest absolute Gasteiger partial charge is 0.512 e. The van der Waals surface area contributed by atoms with E-state index >= 15 is 0 Å². The molecule has 2 aliphatic heterocycles. The molecule has 0 saturated carbocycles. The van der Waals surface area contributed by atoms with E-state index in [1.54, 1.807) is 14.0 Å². The van der Waals surface area contributed by atoms with Gasteiger partial charge >= 0.3 is 0 Å². The van der Waals surface area contributed by atoms with E-state index in [0.29, 0.717) is 13.2 Å². The average molecular weight is 363 g/mol. The van der Waals surface area contributed by atoms with Gasteiger partial charge in [-0.25, -0.2) is 0 Å². The van der Waals surface area contributed by atoms with Crippen LogP contribution in [0.3, 0.4) is 0 Å². The summed E-state index contributed by atoms with van der Waals surface area (Å²) in [6.45, 7) is 4.92. The molecular weight excluding hydrogens is 337 g/mol. The summed E-state index contributed by atoms with van der Waals surface area (Å²) in [7, 11) is 3.74. The average Bonchev–Trinajstić information content (AvgIpc) is 3.22. The summed E-state index contributed by atoms with van der Waals surface area (Å²) < 4.78 is 9.35. The Bertz CT molecular complexity index is 910. The third kappa shape index (κ3) is 3.92. The number of aromatic nitrogens is 1. The molecule has 3 rings (SSSR count). The number of nitrogens with two attached hydrogens (primary N) is 1. The monoisotopic (exact) mass is 363 g/mol. The first-order valence-electron chi connectivity index (χ1n) is 9.10. The van der Waals surface area contributed by atoms with Gasteiger partial charge in [0.05, 0.1) is 12.4 Å². The highest BCUT2D eigenvalue weighted by Crippen LogP contribution is 2.33. The van der Waals surface area contributed by atoms with E-state index in [4.69, 9.17) is 10.5 Å². The normalized spacial score (nSPS) is 17.0. The van der Waals surface area contributed by atoms with Crippen molar-refractivity contribution in [2.75, 3.05) is 20.3 Å². The SMILES string of the molecule is COC\C=C/C(/C=C/c1cc(C)c2n1[B-][N+]1=CC=CC1=C2CCN)=C(\C)O. The zero-order chi connectivity index (χ0) is 19.4. The van der Waals surface area contributed by atoms with Crippen LogP contribution in [0.25, 0.3) is 11.6 Å². The first kappa shape index (κ1) is 19.2. The highest BCUT2D eigenvalue weighted by atomic mass is 16.5. The molecule has 3 N–H and O–H groups in total. The number of aliphatic hydroxyl groups excluding tert-OH is 1. The number of fused-ring (bicyclic) bond motifs is 2. The van der Waals surface area contributed by atoms with E-state index in [1.165, 1.54) is 22.5 Å². The Labute approximate surface area is 161 Å². The second kappa shape index (κ2) is 8.42. The molecular formula is C21H26BN3O2. The number of hydrogen-bond donors (Lipinski definition) is 2. The Hall–Kier alpha value is -2.57. The van der Waals surface area contributed by atoms with Crippen molar-refractivity contribution in [2.45, 2.75) is 20.3 Å². The van der Waals surface area contributed by atoms with E-state index in [0.717, 1.165) is 17.7 Å². The highest BCUT2D eigenvalue weighted by Gasteiger charge is 2.24. The number of ether oxygens (including phenoxy) is 1. The summed E-state index contributed by atoms with van der Waals surface area (Å²) in [5.74, 6) is 0.271. The molecule has 0 aliphatic carbocycles. The zero-order valence-corrected chi connectivity index (χ0v) is 16.1. The van der Waals surface area contributed by atoms with Crippen LogP contribution in [0.1, 0.15) is 30.3 Å². The lowest BCUT2D eigenvalue weighted by molar-refractivity contribution is -0.307. The first-order valence-corrected chi connectivity index (χ1v) is 9.10. The molecule has 2 aliphatic rings. The van der Waals surface area contributed by atoms with Gasteiger partial charge in [0, 0.05) is 41.8 Å². The Balaban J connectivity index is 1.99. The number of nitrogens with zero attached hydrogens (tertiary/aromatic N) is 2. The van der Waals surface area contributed by atoms with Crippen LogP contribution in [0.4, 0.5) is 0 Å². The Morgan fingerprint density at radius 3 is 2.93 bits per heavy atom. The molecule has 0 bridgehead atoms. The lowest BCUT2D eigenvalue weighted by Gasteiger charge is -2.29. The molecule has 5 nitrogen and oxygen atoms in total. The van der Waals surface area contributed by atoms with Gasteiger partial charge in [0.25, 0.3) is 0 Å². The fourth-order valence-electron chi connectivity index (χ4n) is 3.45. The molecule has 1 aromatic rings. The molecule has 140 valence electrons. The maximum absolute atomic E-state index is 9.95. The molecule has 1 aromatic heterocycles. The predicted molar refractivity (Wildman–Crippen MR) is 112 cm³/mol. The van der Waals surface area contributed by atoms with Crippen molar-refractivity contribution in [3.8, 4) is 0 Å². The number of aryl methyl sites for hydroxylation is 1. The van der Waals surface area contributed by atoms with Crippen molar-refractivity contribution in [3.05, 3.63) is 70.4 Å². The van der Waals surface area contributed by atoms with Crippen molar-refractivity contribution in [2.24, 2.45) is 5.73 Å². The molecule has 0 amide bonds. The van der Waals surface area contributed by atoms with E-state index < -0.39 is 0 Å². The zero-order valence-electron chi connectivity index (χ0n) is 16.1. The van der Waals surface area contributed by atoms with Crippen molar-refractivity contribution in [1.82, 2.24) is 4.48 Å². The maximum atomic E-state index is 9.95. The Kier molecular flexibility index (Phi) is 5.99. The standard InChI is InChI=1S/C21H25BN3O2/c1-15-14-18(9-8-17(16(2)26)6-5-13-27-3)25-21(15)19(10-11-23)20-7-4-12-24(20)22-25/h4-9,12,14H,10-11,13,23H2,1-3H3/q-1/p+1/b6-5-,9-8+,17-16-. The van der Waals surface area contributed by atoms with Crippen LogP contribution in [0, 0.1) is 6.92 Å². The van der Waals surface area contributed by atoms with Crippen LogP contribution < -0.4 is 5.73 Å². The van der Waals surface area contributed by atoms with E-state index in [1.807, 2.05) is 30.5 Å². The van der Waals surface area contributed by atoms with Gasteiger partial charge in [-0.1, -0.05) is 12.2 Å². The topological polar surface area (TPSA) is 63.4 Å². The number of aliphatic hydroxyl groups is 1. The third-order valence-corrected chi connectivity index (χ3v) is 4.68. The maximum Gasteiger partial charge on any atom is 0.221 e. The van der Waals surface area contributed by atoms with Gasteiger partial charge < -0.3 is 24.5 Å². The molecule has 2 radical (unpaired) electrons. The van der Waals surface area contributed by atoms with Gasteiger partial charge in [-0.2, -0.15) is 0 Å². The van der Waals surface area contributed by atoms with Crippen LogP contribution >= 0.6 is 0 Å². The number of hydrogen-bond acceptors (Lipinski definition) is 3. The van der Waals surface area contributed by atoms with Crippen LogP contribution in [0.2, 0.25) is 0 Å². The van der Waals surface area contributed by atoms with Crippen LogP contribution in [0.15, 0.2) is 53.5 Å². The first-order chi connectivity index (χ1) is 13.1. The summed E-state index contributed by atoms with van der Waals surface area (Å²) in [5.41, 5.74) is 12.5. The molecule has 6 heteroatoms. The molecule has 0 fully saturated rings. The minimum atomic E-state index is 0.271. The van der Waals surface area contributed by atoms with Gasteiger partial charge in [-0.3, -0.25) is 0 Å². The minimum absolute atomic E-state index is 0.271. The third-order valence-electron chi connectivity index (χ3n) is 4.68. The number of rotatable bonds is 7. The van der Waals surface area contributed by atoms with Gasteiger partial charge in [-0.05, 0) is 50.6 Å². The summed E-state index contributed by atoms with van der Waals surface area (Å²) in [6.07, 6.45) is 14.7. The molecule has 3 heterocycles. The number of methoxy groups -OCH3 is 1. The van der Waals surface area contributed by atoms with Crippen LogP contribution in [-0.4, -0.2) is 48.1 Å². The van der Waals surface area contributed by atoms with E-state index in [9.17, 15) is 5.11 Å². The second-order valence-electron chi connectivity index (χ2n) is 6.64. The second-order valence-corrected chi connectivity index (χ2v) is 6.64. The summed E-state index contributed by atoms with van der Waals surface area (Å²) >= 11 is 0. The van der Waals surface area contributed by atoms with Crippen molar-refractivity contribution < 1.29 is 14.3 Å².